The molecular weight excluding hydrogens is 366 g/mol. The van der Waals surface area contributed by atoms with E-state index in [1.165, 1.54) is 12.1 Å². The van der Waals surface area contributed by atoms with Gasteiger partial charge in [0.2, 0.25) is 0 Å². The van der Waals surface area contributed by atoms with Crippen molar-refractivity contribution < 1.29 is 9.18 Å². The summed E-state index contributed by atoms with van der Waals surface area (Å²) >= 11 is 0. The van der Waals surface area contributed by atoms with Gasteiger partial charge in [0.25, 0.3) is 5.91 Å². The lowest BCUT2D eigenvalue weighted by Gasteiger charge is -2.34. The van der Waals surface area contributed by atoms with Crippen molar-refractivity contribution in [3.63, 3.8) is 0 Å². The molecule has 1 aromatic carbocycles. The first-order valence-corrected chi connectivity index (χ1v) is 7.89. The number of halogens is 3. The minimum Gasteiger partial charge on any atom is -0.337 e. The minimum absolute atomic E-state index is 0. The molecule has 1 aromatic heterocycles. The highest BCUT2D eigenvalue weighted by Gasteiger charge is 2.28. The number of nitrogens with zero attached hydrogens (tertiary/aromatic N) is 3. The molecule has 5 nitrogen and oxygen atoms in total. The molecule has 0 radical (unpaired) electrons. The Balaban J connectivity index is 0.00000156. The van der Waals surface area contributed by atoms with Crippen molar-refractivity contribution in [2.24, 2.45) is 11.7 Å². The van der Waals surface area contributed by atoms with Gasteiger partial charge in [-0.2, -0.15) is 0 Å². The normalized spacial score (nSPS) is 18.0. The number of benzene rings is 1. The summed E-state index contributed by atoms with van der Waals surface area (Å²) in [5, 5.41) is 0. The lowest BCUT2D eigenvalue weighted by Crippen LogP contribution is -2.45. The van der Waals surface area contributed by atoms with Crippen molar-refractivity contribution in [2.45, 2.75) is 25.8 Å². The third-order valence-electron chi connectivity index (χ3n) is 4.45. The molecule has 0 bridgehead atoms. The van der Waals surface area contributed by atoms with E-state index in [4.69, 9.17) is 5.73 Å². The molecule has 8 heteroatoms. The van der Waals surface area contributed by atoms with Crippen LogP contribution in [0, 0.1) is 11.7 Å². The third-order valence-corrected chi connectivity index (χ3v) is 4.45. The molecule has 0 saturated carbocycles. The number of amides is 1. The van der Waals surface area contributed by atoms with Crippen molar-refractivity contribution in [1.29, 1.82) is 0 Å². The van der Waals surface area contributed by atoms with Crippen LogP contribution in [0.1, 0.15) is 30.3 Å². The second-order valence-electron chi connectivity index (χ2n) is 6.14. The van der Waals surface area contributed by atoms with Gasteiger partial charge >= 0.3 is 0 Å². The van der Waals surface area contributed by atoms with Gasteiger partial charge in [0.15, 0.2) is 0 Å². The van der Waals surface area contributed by atoms with Crippen LogP contribution in [-0.4, -0.2) is 39.5 Å². The molecule has 3 rings (SSSR count). The summed E-state index contributed by atoms with van der Waals surface area (Å²) < 4.78 is 14.8. The van der Waals surface area contributed by atoms with Gasteiger partial charge in [-0.15, -0.1) is 24.8 Å². The molecule has 2 unspecified atom stereocenters. The quantitative estimate of drug-likeness (QED) is 0.878. The molecule has 0 spiro atoms. The molecule has 2 aromatic rings. The van der Waals surface area contributed by atoms with Crippen LogP contribution in [0.15, 0.2) is 36.8 Å². The number of hydrogen-bond donors (Lipinski definition) is 1. The van der Waals surface area contributed by atoms with Crippen LogP contribution in [0.4, 0.5) is 4.39 Å². The molecule has 2 N–H and O–H groups in total. The van der Waals surface area contributed by atoms with Crippen LogP contribution >= 0.6 is 24.8 Å². The van der Waals surface area contributed by atoms with Crippen molar-refractivity contribution in [1.82, 2.24) is 14.5 Å². The Labute approximate surface area is 159 Å². The van der Waals surface area contributed by atoms with E-state index in [0.717, 1.165) is 19.4 Å². The summed E-state index contributed by atoms with van der Waals surface area (Å²) in [6, 6.07) is 6.09. The first kappa shape index (κ1) is 21.4. The number of hydrogen-bond acceptors (Lipinski definition) is 3. The van der Waals surface area contributed by atoms with Crippen LogP contribution in [0.25, 0.3) is 5.69 Å². The van der Waals surface area contributed by atoms with Crippen molar-refractivity contribution in [2.75, 3.05) is 13.1 Å². The highest BCUT2D eigenvalue weighted by atomic mass is 35.5. The zero-order valence-corrected chi connectivity index (χ0v) is 15.6. The summed E-state index contributed by atoms with van der Waals surface area (Å²) in [6.07, 6.45) is 5.15. The van der Waals surface area contributed by atoms with E-state index in [0.29, 0.717) is 23.8 Å². The third kappa shape index (κ3) is 4.71. The summed E-state index contributed by atoms with van der Waals surface area (Å²) in [7, 11) is 0. The van der Waals surface area contributed by atoms with Crippen molar-refractivity contribution >= 4 is 30.7 Å². The summed E-state index contributed by atoms with van der Waals surface area (Å²) in [5.41, 5.74) is 7.20. The Bertz CT molecular complexity index is 690. The number of nitrogens with two attached hydrogens (primary N) is 1. The number of aromatic nitrogens is 2. The predicted molar refractivity (Wildman–Crippen MR) is 100 cm³/mol. The highest BCUT2D eigenvalue weighted by Crippen LogP contribution is 2.21. The zero-order valence-electron chi connectivity index (χ0n) is 14.0. The maximum absolute atomic E-state index is 13.1. The standard InChI is InChI=1S/C17H21FN4O.2ClH/c1-12(19)13-3-2-8-21(10-13)17(23)16-9-20-11-22(16)15-6-4-14(18)5-7-15;;/h4-7,9,11-13H,2-3,8,10,19H2,1H3;2*1H. The number of imidazole rings is 1. The largest absolute Gasteiger partial charge is 0.337 e. The number of carbonyl (C=O) groups excluding carboxylic acids is 1. The fourth-order valence-electron chi connectivity index (χ4n) is 3.05. The minimum atomic E-state index is -0.308. The monoisotopic (exact) mass is 388 g/mol. The van der Waals surface area contributed by atoms with E-state index >= 15 is 0 Å². The second-order valence-corrected chi connectivity index (χ2v) is 6.14. The van der Waals surface area contributed by atoms with Gasteiger partial charge < -0.3 is 10.6 Å². The fraction of sp³-hybridized carbons (Fsp3) is 0.412. The second kappa shape index (κ2) is 9.17. The van der Waals surface area contributed by atoms with E-state index in [1.54, 1.807) is 29.2 Å². The molecule has 1 aliphatic heterocycles. The Morgan fingerprint density at radius 1 is 1.32 bits per heavy atom. The van der Waals surface area contributed by atoms with Crippen molar-refractivity contribution in [3.8, 4) is 5.69 Å². The van der Waals surface area contributed by atoms with Gasteiger partial charge in [0.05, 0.1) is 12.5 Å². The van der Waals surface area contributed by atoms with Gasteiger partial charge in [-0.25, -0.2) is 9.37 Å². The molecule has 0 aliphatic carbocycles. The van der Waals surface area contributed by atoms with Crippen LogP contribution in [0.2, 0.25) is 0 Å². The van der Waals surface area contributed by atoms with Crippen molar-refractivity contribution in [3.05, 3.63) is 48.3 Å². The predicted octanol–water partition coefficient (Wildman–Crippen LogP) is 3.05. The van der Waals surface area contributed by atoms with Crippen LogP contribution < -0.4 is 5.73 Å². The maximum atomic E-state index is 13.1. The summed E-state index contributed by atoms with van der Waals surface area (Å²) in [6.45, 7) is 3.39. The Morgan fingerprint density at radius 3 is 2.64 bits per heavy atom. The number of piperidine rings is 1. The van der Waals surface area contributed by atoms with Crippen LogP contribution in [-0.2, 0) is 0 Å². The Morgan fingerprint density at radius 2 is 2.00 bits per heavy atom. The number of rotatable bonds is 3. The van der Waals surface area contributed by atoms with E-state index < -0.39 is 0 Å². The van der Waals surface area contributed by atoms with Gasteiger partial charge in [-0.1, -0.05) is 0 Å². The first-order valence-electron chi connectivity index (χ1n) is 7.89. The molecule has 2 heterocycles. The molecule has 1 aliphatic rings. The molecule has 25 heavy (non-hydrogen) atoms. The van der Waals surface area contributed by atoms with E-state index in [2.05, 4.69) is 4.98 Å². The average molecular weight is 389 g/mol. The Kier molecular flexibility index (Phi) is 7.86. The van der Waals surface area contributed by atoms with Gasteiger partial charge in [0, 0.05) is 24.8 Å². The van der Waals surface area contributed by atoms with E-state index in [9.17, 15) is 9.18 Å². The SMILES string of the molecule is CC(N)C1CCCN(C(=O)c2cncn2-c2ccc(F)cc2)C1.Cl.Cl. The summed E-state index contributed by atoms with van der Waals surface area (Å²) in [4.78, 5) is 18.8. The molecule has 138 valence electrons. The molecule has 1 saturated heterocycles. The highest BCUT2D eigenvalue weighted by molar-refractivity contribution is 5.93. The molecule has 1 fully saturated rings. The zero-order chi connectivity index (χ0) is 16.4. The van der Waals surface area contributed by atoms with Gasteiger partial charge in [-0.3, -0.25) is 9.36 Å². The molecule has 2 atom stereocenters. The van der Waals surface area contributed by atoms with E-state index in [-0.39, 0.29) is 42.6 Å². The molecule has 1 amide bonds. The lowest BCUT2D eigenvalue weighted by molar-refractivity contribution is 0.0653. The molecular formula is C17H23Cl2FN4O. The van der Waals surface area contributed by atoms with E-state index in [1.807, 2.05) is 11.8 Å². The average Bonchev–Trinajstić information content (AvgIpc) is 3.04. The number of carbonyl (C=O) groups is 1. The topological polar surface area (TPSA) is 64.2 Å². The first-order chi connectivity index (χ1) is 11.1. The fourth-order valence-corrected chi connectivity index (χ4v) is 3.05. The summed E-state index contributed by atoms with van der Waals surface area (Å²) in [5.74, 6) is -0.0374. The van der Waals surface area contributed by atoms with Crippen LogP contribution in [0.3, 0.4) is 0 Å². The smallest absolute Gasteiger partial charge is 0.272 e. The van der Waals surface area contributed by atoms with Gasteiger partial charge in [-0.05, 0) is 49.9 Å². The van der Waals surface area contributed by atoms with Crippen LogP contribution in [0.5, 0.6) is 0 Å². The Hall–Kier alpha value is -1.63. The van der Waals surface area contributed by atoms with Gasteiger partial charge in [0.1, 0.15) is 11.5 Å². The lowest BCUT2D eigenvalue weighted by atomic mass is 9.92. The maximum Gasteiger partial charge on any atom is 0.272 e. The number of likely N-dealkylation sites (tertiary alicyclic amines) is 1.